The molecule has 1 unspecified atom stereocenters. The van der Waals surface area contributed by atoms with Gasteiger partial charge in [-0.25, -0.2) is 0 Å². The van der Waals surface area contributed by atoms with Crippen LogP contribution in [0.5, 0.6) is 0 Å². The molecule has 1 fully saturated rings. The lowest BCUT2D eigenvalue weighted by Crippen LogP contribution is -2.49. The Morgan fingerprint density at radius 2 is 1.72 bits per heavy atom. The molecule has 6 heteroatoms. The molecule has 0 aromatic heterocycles. The average Bonchev–Trinajstić information content (AvgIpc) is 2.96. The molecule has 2 aliphatic heterocycles. The first-order valence-electron chi connectivity index (χ1n) is 10.0. The normalized spacial score (nSPS) is 18.8. The molecular formula is C23H25N3O3. The second-order valence-electron chi connectivity index (χ2n) is 7.86. The third-order valence-electron chi connectivity index (χ3n) is 5.82. The number of piperidine rings is 1. The highest BCUT2D eigenvalue weighted by atomic mass is 16.2. The Morgan fingerprint density at radius 1 is 1.03 bits per heavy atom. The summed E-state index contributed by atoms with van der Waals surface area (Å²) in [4.78, 5) is 40.7. The maximum Gasteiger partial charge on any atom is 0.262 e. The van der Waals surface area contributed by atoms with Gasteiger partial charge >= 0.3 is 0 Å². The van der Waals surface area contributed by atoms with E-state index in [9.17, 15) is 14.4 Å². The van der Waals surface area contributed by atoms with Crippen molar-refractivity contribution >= 4 is 23.4 Å². The van der Waals surface area contributed by atoms with Gasteiger partial charge in [0.05, 0.1) is 11.1 Å². The Bertz CT molecular complexity index is 950. The highest BCUT2D eigenvalue weighted by Crippen LogP contribution is 2.23. The van der Waals surface area contributed by atoms with Gasteiger partial charge in [-0.3, -0.25) is 19.3 Å². The summed E-state index contributed by atoms with van der Waals surface area (Å²) in [6.45, 7) is 5.17. The Morgan fingerprint density at radius 3 is 2.38 bits per heavy atom. The highest BCUT2D eigenvalue weighted by Gasteiger charge is 2.37. The molecule has 2 aliphatic rings. The molecule has 0 bridgehead atoms. The van der Waals surface area contributed by atoms with Gasteiger partial charge in [-0.2, -0.15) is 0 Å². The minimum Gasteiger partial charge on any atom is -0.381 e. The predicted octanol–water partition coefficient (Wildman–Crippen LogP) is 3.00. The van der Waals surface area contributed by atoms with Gasteiger partial charge in [-0.05, 0) is 62.1 Å². The molecule has 29 heavy (non-hydrogen) atoms. The maximum absolute atomic E-state index is 12.8. The van der Waals surface area contributed by atoms with Gasteiger partial charge in [0.15, 0.2) is 0 Å². The van der Waals surface area contributed by atoms with Crippen molar-refractivity contribution in [1.29, 1.82) is 0 Å². The van der Waals surface area contributed by atoms with E-state index in [-0.39, 0.29) is 30.3 Å². The Kier molecular flexibility index (Phi) is 5.09. The lowest BCUT2D eigenvalue weighted by Gasteiger charge is -2.34. The zero-order valence-electron chi connectivity index (χ0n) is 16.8. The summed E-state index contributed by atoms with van der Waals surface area (Å²) >= 11 is 0. The molecule has 0 saturated carbocycles. The highest BCUT2D eigenvalue weighted by molar-refractivity contribution is 6.22. The average molecular weight is 391 g/mol. The number of hydrogen-bond donors (Lipinski definition) is 1. The Labute approximate surface area is 170 Å². The van der Waals surface area contributed by atoms with Crippen LogP contribution in [0.3, 0.4) is 0 Å². The molecule has 4 rings (SSSR count). The Hall–Kier alpha value is -3.15. The number of carbonyl (C=O) groups is 3. The number of hydrogen-bond acceptors (Lipinski definition) is 4. The van der Waals surface area contributed by atoms with E-state index in [2.05, 4.69) is 37.4 Å². The van der Waals surface area contributed by atoms with Crippen molar-refractivity contribution < 1.29 is 14.4 Å². The number of imide groups is 1. The third-order valence-corrected chi connectivity index (χ3v) is 5.82. The minimum absolute atomic E-state index is 0.150. The smallest absolute Gasteiger partial charge is 0.262 e. The number of fused-ring (bicyclic) bond motifs is 1. The largest absolute Gasteiger partial charge is 0.381 e. The predicted molar refractivity (Wildman–Crippen MR) is 111 cm³/mol. The van der Waals surface area contributed by atoms with Crippen LogP contribution in [0.4, 0.5) is 5.69 Å². The summed E-state index contributed by atoms with van der Waals surface area (Å²) in [6, 6.07) is 13.1. The van der Waals surface area contributed by atoms with Gasteiger partial charge < -0.3 is 10.2 Å². The molecule has 1 saturated heterocycles. The van der Waals surface area contributed by atoms with Crippen molar-refractivity contribution in [3.05, 3.63) is 64.7 Å². The van der Waals surface area contributed by atoms with E-state index in [0.717, 1.165) is 23.4 Å². The fraction of sp³-hybridized carbons (Fsp3) is 0.348. The van der Waals surface area contributed by atoms with Crippen LogP contribution in [0, 0.1) is 13.8 Å². The maximum atomic E-state index is 12.8. The van der Waals surface area contributed by atoms with Crippen molar-refractivity contribution in [3.63, 3.8) is 0 Å². The van der Waals surface area contributed by atoms with E-state index in [1.807, 2.05) is 0 Å². The van der Waals surface area contributed by atoms with Crippen LogP contribution in [0.2, 0.25) is 0 Å². The van der Waals surface area contributed by atoms with Crippen molar-refractivity contribution in [2.75, 3.05) is 25.0 Å². The van der Waals surface area contributed by atoms with Crippen LogP contribution in [0.15, 0.2) is 42.5 Å². The quantitative estimate of drug-likeness (QED) is 0.814. The van der Waals surface area contributed by atoms with Gasteiger partial charge in [-0.1, -0.05) is 18.2 Å². The number of nitrogens with one attached hydrogen (secondary N) is 1. The van der Waals surface area contributed by atoms with Crippen molar-refractivity contribution in [2.24, 2.45) is 0 Å². The first-order chi connectivity index (χ1) is 13.9. The molecule has 0 aliphatic carbocycles. The van der Waals surface area contributed by atoms with Crippen LogP contribution in [-0.4, -0.2) is 53.2 Å². The third kappa shape index (κ3) is 3.75. The number of carbonyl (C=O) groups excluding carboxylic acids is 3. The Balaban J connectivity index is 1.40. The zero-order chi connectivity index (χ0) is 20.5. The van der Waals surface area contributed by atoms with Crippen molar-refractivity contribution in [2.45, 2.75) is 32.7 Å². The molecule has 150 valence electrons. The fourth-order valence-electron chi connectivity index (χ4n) is 4.01. The lowest BCUT2D eigenvalue weighted by molar-refractivity contribution is -0.132. The van der Waals surface area contributed by atoms with Crippen molar-refractivity contribution in [1.82, 2.24) is 9.80 Å². The number of nitrogens with zero attached hydrogens (tertiary/aromatic N) is 2. The number of aryl methyl sites for hydroxylation is 2. The SMILES string of the molecule is Cc1ccc(NC2CCCN(C(=O)CN3C(=O)c4ccccc4C3=O)C2)cc1C. The summed E-state index contributed by atoms with van der Waals surface area (Å²) < 4.78 is 0. The molecule has 1 N–H and O–H groups in total. The molecule has 2 aromatic carbocycles. The second kappa shape index (κ2) is 7.70. The molecule has 3 amide bonds. The van der Waals surface area contributed by atoms with Crippen molar-refractivity contribution in [3.8, 4) is 0 Å². The summed E-state index contributed by atoms with van der Waals surface area (Å²) in [5.41, 5.74) is 4.27. The molecule has 6 nitrogen and oxygen atoms in total. The monoisotopic (exact) mass is 391 g/mol. The standard InChI is InChI=1S/C23H25N3O3/c1-15-9-10-17(12-16(15)2)24-18-6-5-11-25(13-18)21(27)14-26-22(28)19-7-3-4-8-20(19)23(26)29/h3-4,7-10,12,18,24H,5-6,11,13-14H2,1-2H3. The number of rotatable bonds is 4. The first-order valence-corrected chi connectivity index (χ1v) is 10.0. The number of amides is 3. The molecule has 1 atom stereocenters. The summed E-state index contributed by atoms with van der Waals surface area (Å²) in [7, 11) is 0. The second-order valence-corrected chi connectivity index (χ2v) is 7.86. The minimum atomic E-state index is -0.388. The van der Waals surface area contributed by atoms with Crippen LogP contribution >= 0.6 is 0 Å². The number of anilines is 1. The topological polar surface area (TPSA) is 69.7 Å². The van der Waals surface area contributed by atoms with Gasteiger partial charge in [0, 0.05) is 24.8 Å². The summed E-state index contributed by atoms with van der Waals surface area (Å²) in [5.74, 6) is -0.965. The van der Waals surface area contributed by atoms with Crippen LogP contribution in [-0.2, 0) is 4.79 Å². The summed E-state index contributed by atoms with van der Waals surface area (Å²) in [5, 5.41) is 3.52. The van der Waals surface area contributed by atoms with E-state index in [4.69, 9.17) is 0 Å². The molecule has 2 aromatic rings. The fourth-order valence-corrected chi connectivity index (χ4v) is 4.01. The lowest BCUT2D eigenvalue weighted by atomic mass is 10.0. The van der Waals surface area contributed by atoms with E-state index in [1.54, 1.807) is 29.2 Å². The summed E-state index contributed by atoms with van der Waals surface area (Å²) in [6.07, 6.45) is 1.86. The van der Waals surface area contributed by atoms with E-state index < -0.39 is 0 Å². The molecular weight excluding hydrogens is 366 g/mol. The molecule has 0 radical (unpaired) electrons. The first kappa shape index (κ1) is 19.2. The number of benzene rings is 2. The van der Waals surface area contributed by atoms with E-state index in [0.29, 0.717) is 24.2 Å². The van der Waals surface area contributed by atoms with Gasteiger partial charge in [-0.15, -0.1) is 0 Å². The van der Waals surface area contributed by atoms with Crippen LogP contribution < -0.4 is 5.32 Å². The van der Waals surface area contributed by atoms with Crippen LogP contribution in [0.1, 0.15) is 44.7 Å². The van der Waals surface area contributed by atoms with E-state index >= 15 is 0 Å². The van der Waals surface area contributed by atoms with Gasteiger partial charge in [0.25, 0.3) is 11.8 Å². The molecule has 0 spiro atoms. The van der Waals surface area contributed by atoms with Gasteiger partial charge in [0.1, 0.15) is 6.54 Å². The van der Waals surface area contributed by atoms with Crippen LogP contribution in [0.25, 0.3) is 0 Å². The van der Waals surface area contributed by atoms with Gasteiger partial charge in [0.2, 0.25) is 5.91 Å². The zero-order valence-corrected chi connectivity index (χ0v) is 16.8. The number of likely N-dealkylation sites (tertiary alicyclic amines) is 1. The molecule has 2 heterocycles. The van der Waals surface area contributed by atoms with E-state index in [1.165, 1.54) is 11.1 Å².